The minimum atomic E-state index is -0.430. The van der Waals surface area contributed by atoms with Crippen LogP contribution in [0.25, 0.3) is 22.5 Å². The second-order valence-electron chi connectivity index (χ2n) is 5.91. The summed E-state index contributed by atoms with van der Waals surface area (Å²) in [6.07, 6.45) is 1.46. The van der Waals surface area contributed by atoms with E-state index in [9.17, 15) is 9.59 Å². The van der Waals surface area contributed by atoms with Crippen molar-refractivity contribution in [3.63, 3.8) is 0 Å². The first-order valence-electron chi connectivity index (χ1n) is 8.40. The van der Waals surface area contributed by atoms with Gasteiger partial charge in [0.1, 0.15) is 5.58 Å². The SMILES string of the molecule is O=C(COc1c(-c2ccco2)oc2ccccc2c1=O)Nc1ccc(Cl)cc1. The van der Waals surface area contributed by atoms with Crippen LogP contribution in [-0.4, -0.2) is 12.5 Å². The van der Waals surface area contributed by atoms with Crippen LogP contribution < -0.4 is 15.5 Å². The smallest absolute Gasteiger partial charge is 0.262 e. The van der Waals surface area contributed by atoms with Crippen molar-refractivity contribution in [3.05, 3.63) is 82.2 Å². The van der Waals surface area contributed by atoms with Crippen LogP contribution in [0.2, 0.25) is 5.02 Å². The number of para-hydroxylation sites is 1. The van der Waals surface area contributed by atoms with Crippen LogP contribution in [0, 0.1) is 0 Å². The number of amides is 1. The molecule has 28 heavy (non-hydrogen) atoms. The van der Waals surface area contributed by atoms with Crippen molar-refractivity contribution in [2.75, 3.05) is 11.9 Å². The van der Waals surface area contributed by atoms with Crippen LogP contribution in [0.5, 0.6) is 5.75 Å². The Morgan fingerprint density at radius 3 is 2.57 bits per heavy atom. The Balaban J connectivity index is 1.63. The molecule has 1 N–H and O–H groups in total. The van der Waals surface area contributed by atoms with Gasteiger partial charge in [-0.25, -0.2) is 0 Å². The number of anilines is 1. The van der Waals surface area contributed by atoms with Crippen molar-refractivity contribution in [2.24, 2.45) is 0 Å². The first-order chi connectivity index (χ1) is 13.6. The number of fused-ring (bicyclic) bond motifs is 1. The van der Waals surface area contributed by atoms with Gasteiger partial charge in [0.15, 0.2) is 12.4 Å². The summed E-state index contributed by atoms with van der Waals surface area (Å²) in [5.74, 6) is -0.0517. The molecule has 4 aromatic rings. The molecule has 2 heterocycles. The van der Waals surface area contributed by atoms with Crippen molar-refractivity contribution in [3.8, 4) is 17.3 Å². The van der Waals surface area contributed by atoms with Gasteiger partial charge in [0.05, 0.1) is 11.6 Å². The minimum absolute atomic E-state index is 0.0834. The molecule has 0 radical (unpaired) electrons. The fraction of sp³-hybridized carbons (Fsp3) is 0.0476. The van der Waals surface area contributed by atoms with Gasteiger partial charge in [-0.05, 0) is 48.5 Å². The molecule has 7 heteroatoms. The largest absolute Gasteiger partial charge is 0.476 e. The van der Waals surface area contributed by atoms with Gasteiger partial charge < -0.3 is 18.9 Å². The molecular weight excluding hydrogens is 382 g/mol. The van der Waals surface area contributed by atoms with E-state index in [1.54, 1.807) is 60.7 Å². The Kier molecular flexibility index (Phi) is 4.87. The van der Waals surface area contributed by atoms with Gasteiger partial charge in [-0.15, -0.1) is 0 Å². The summed E-state index contributed by atoms with van der Waals surface area (Å²) >= 11 is 5.83. The van der Waals surface area contributed by atoms with E-state index in [4.69, 9.17) is 25.2 Å². The van der Waals surface area contributed by atoms with E-state index in [-0.39, 0.29) is 23.5 Å². The lowest BCUT2D eigenvalue weighted by Crippen LogP contribution is -2.22. The summed E-state index contributed by atoms with van der Waals surface area (Å²) in [6.45, 7) is -0.376. The molecule has 6 nitrogen and oxygen atoms in total. The molecule has 0 spiro atoms. The first-order valence-corrected chi connectivity index (χ1v) is 8.77. The lowest BCUT2D eigenvalue weighted by atomic mass is 10.2. The van der Waals surface area contributed by atoms with Crippen LogP contribution in [0.3, 0.4) is 0 Å². The highest BCUT2D eigenvalue weighted by molar-refractivity contribution is 6.30. The van der Waals surface area contributed by atoms with Crippen molar-refractivity contribution >= 4 is 34.2 Å². The molecule has 0 unspecified atom stereocenters. The fourth-order valence-corrected chi connectivity index (χ4v) is 2.82. The number of carbonyl (C=O) groups excluding carboxylic acids is 1. The molecule has 0 fully saturated rings. The number of hydrogen-bond donors (Lipinski definition) is 1. The van der Waals surface area contributed by atoms with Crippen molar-refractivity contribution < 1.29 is 18.4 Å². The van der Waals surface area contributed by atoms with Crippen LogP contribution in [0.15, 0.2) is 80.6 Å². The average molecular weight is 396 g/mol. The fourth-order valence-electron chi connectivity index (χ4n) is 2.69. The van der Waals surface area contributed by atoms with Crippen molar-refractivity contribution in [2.45, 2.75) is 0 Å². The topological polar surface area (TPSA) is 81.7 Å². The summed E-state index contributed by atoms with van der Waals surface area (Å²) in [4.78, 5) is 25.1. The van der Waals surface area contributed by atoms with Crippen molar-refractivity contribution in [1.29, 1.82) is 0 Å². The number of furan rings is 1. The average Bonchev–Trinajstić information content (AvgIpc) is 3.23. The zero-order valence-electron chi connectivity index (χ0n) is 14.5. The highest BCUT2D eigenvalue weighted by Gasteiger charge is 2.20. The molecule has 0 bridgehead atoms. The third-order valence-corrected chi connectivity index (χ3v) is 4.23. The summed E-state index contributed by atoms with van der Waals surface area (Å²) in [6, 6.07) is 16.8. The van der Waals surface area contributed by atoms with Crippen LogP contribution in [0.1, 0.15) is 0 Å². The number of ether oxygens (including phenoxy) is 1. The third-order valence-electron chi connectivity index (χ3n) is 3.98. The molecule has 0 aliphatic carbocycles. The Hall–Kier alpha value is -3.51. The lowest BCUT2D eigenvalue weighted by Gasteiger charge is -2.10. The highest BCUT2D eigenvalue weighted by atomic mass is 35.5. The van der Waals surface area contributed by atoms with Gasteiger partial charge in [-0.1, -0.05) is 23.7 Å². The molecule has 0 saturated heterocycles. The van der Waals surface area contributed by atoms with Crippen LogP contribution in [-0.2, 0) is 4.79 Å². The Morgan fingerprint density at radius 1 is 1.04 bits per heavy atom. The van der Waals surface area contributed by atoms with E-state index in [1.165, 1.54) is 6.26 Å². The number of halogens is 1. The quantitative estimate of drug-likeness (QED) is 0.528. The summed E-state index contributed by atoms with van der Waals surface area (Å²) < 4.78 is 16.7. The van der Waals surface area contributed by atoms with Gasteiger partial charge in [-0.3, -0.25) is 9.59 Å². The minimum Gasteiger partial charge on any atom is -0.476 e. The zero-order valence-corrected chi connectivity index (χ0v) is 15.2. The van der Waals surface area contributed by atoms with E-state index in [1.807, 2.05) is 0 Å². The number of rotatable bonds is 5. The third kappa shape index (κ3) is 3.63. The Bertz CT molecular complexity index is 1180. The van der Waals surface area contributed by atoms with Gasteiger partial charge in [0.25, 0.3) is 5.91 Å². The number of benzene rings is 2. The number of nitrogens with one attached hydrogen (secondary N) is 1. The van der Waals surface area contributed by atoms with Gasteiger partial charge in [0.2, 0.25) is 16.9 Å². The number of hydrogen-bond acceptors (Lipinski definition) is 5. The van der Waals surface area contributed by atoms with E-state index in [0.29, 0.717) is 27.4 Å². The maximum Gasteiger partial charge on any atom is 0.262 e. The van der Waals surface area contributed by atoms with Crippen LogP contribution in [0.4, 0.5) is 5.69 Å². The van der Waals surface area contributed by atoms with Gasteiger partial charge in [0, 0.05) is 10.7 Å². The predicted octanol–water partition coefficient (Wildman–Crippen LogP) is 4.72. The second-order valence-corrected chi connectivity index (χ2v) is 6.34. The maximum atomic E-state index is 12.9. The number of carbonyl (C=O) groups is 1. The van der Waals surface area contributed by atoms with E-state index >= 15 is 0 Å². The lowest BCUT2D eigenvalue weighted by molar-refractivity contribution is -0.118. The molecule has 0 atom stereocenters. The Morgan fingerprint density at radius 2 is 1.82 bits per heavy atom. The van der Waals surface area contributed by atoms with E-state index in [2.05, 4.69) is 5.32 Å². The molecule has 4 rings (SSSR count). The molecule has 0 saturated carbocycles. The molecule has 140 valence electrons. The van der Waals surface area contributed by atoms with E-state index in [0.717, 1.165) is 0 Å². The standard InChI is InChI=1S/C21H14ClNO5/c22-13-7-9-14(10-8-13)23-18(24)12-27-21-19(25)15-4-1-2-5-16(15)28-20(21)17-6-3-11-26-17/h1-11H,12H2,(H,23,24). The van der Waals surface area contributed by atoms with E-state index < -0.39 is 5.91 Å². The normalized spacial score (nSPS) is 10.8. The molecule has 2 aromatic carbocycles. The summed E-state index contributed by atoms with van der Waals surface area (Å²) in [7, 11) is 0. The van der Waals surface area contributed by atoms with Gasteiger partial charge >= 0.3 is 0 Å². The molecular formula is C21H14ClNO5. The molecule has 2 aromatic heterocycles. The summed E-state index contributed by atoms with van der Waals surface area (Å²) in [5, 5.41) is 3.59. The van der Waals surface area contributed by atoms with Gasteiger partial charge in [-0.2, -0.15) is 0 Å². The monoisotopic (exact) mass is 395 g/mol. The zero-order chi connectivity index (χ0) is 19.5. The first kappa shape index (κ1) is 17.9. The second kappa shape index (κ2) is 7.62. The Labute approximate surface area is 164 Å². The predicted molar refractivity (Wildman–Crippen MR) is 106 cm³/mol. The maximum absolute atomic E-state index is 12.9. The molecule has 0 aliphatic heterocycles. The molecule has 0 aliphatic rings. The van der Waals surface area contributed by atoms with Crippen molar-refractivity contribution in [1.82, 2.24) is 0 Å². The molecule has 1 amide bonds. The summed E-state index contributed by atoms with van der Waals surface area (Å²) in [5.41, 5.74) is 0.583. The highest BCUT2D eigenvalue weighted by Crippen LogP contribution is 2.31. The van der Waals surface area contributed by atoms with Crippen LogP contribution >= 0.6 is 11.6 Å².